The average molecular weight is 561 g/mol. The molecule has 10 heteroatoms. The van der Waals surface area contributed by atoms with Gasteiger partial charge in [-0.15, -0.1) is 0 Å². The molecule has 34 heavy (non-hydrogen) atoms. The number of Topliss-reactive ketones (excluding diaryl/α,β-unsaturated/α-hetero) is 1. The summed E-state index contributed by atoms with van der Waals surface area (Å²) in [6.45, 7) is 0. The number of amides is 1. The van der Waals surface area contributed by atoms with Crippen LogP contribution in [0.3, 0.4) is 0 Å². The van der Waals surface area contributed by atoms with Gasteiger partial charge in [-0.3, -0.25) is 9.59 Å². The van der Waals surface area contributed by atoms with Crippen LogP contribution in [0.4, 0.5) is 5.69 Å². The van der Waals surface area contributed by atoms with Crippen LogP contribution in [-0.4, -0.2) is 23.4 Å². The Labute approximate surface area is 213 Å². The van der Waals surface area contributed by atoms with Gasteiger partial charge in [0, 0.05) is 21.3 Å². The summed E-state index contributed by atoms with van der Waals surface area (Å²) in [5, 5.41) is 6.74. The zero-order chi connectivity index (χ0) is 24.4. The van der Waals surface area contributed by atoms with E-state index in [1.54, 1.807) is 48.5 Å². The minimum Gasteiger partial charge on any atom is -0.453 e. The fraction of sp³-hybridized carbons (Fsp3) is 0.0833. The van der Waals surface area contributed by atoms with Gasteiger partial charge in [0.25, 0.3) is 5.91 Å². The highest BCUT2D eigenvalue weighted by Crippen LogP contribution is 2.39. The topological polar surface area (TPSA) is 111 Å². The summed E-state index contributed by atoms with van der Waals surface area (Å²) in [6.07, 6.45) is -1.12. The first-order chi connectivity index (χ1) is 16.3. The molecule has 0 saturated carbocycles. The fourth-order valence-electron chi connectivity index (χ4n) is 3.66. The molecular formula is C24H16BrCl2N3O4. The van der Waals surface area contributed by atoms with Crippen molar-refractivity contribution in [1.82, 2.24) is 0 Å². The number of benzene rings is 3. The number of anilines is 1. The van der Waals surface area contributed by atoms with E-state index < -0.39 is 29.7 Å². The van der Waals surface area contributed by atoms with E-state index in [2.05, 4.69) is 26.3 Å². The molecule has 3 aromatic rings. The van der Waals surface area contributed by atoms with Gasteiger partial charge in [0.15, 0.2) is 5.78 Å². The second kappa shape index (κ2) is 9.97. The predicted molar refractivity (Wildman–Crippen MR) is 133 cm³/mol. The van der Waals surface area contributed by atoms with Crippen LogP contribution in [0, 0.1) is 5.92 Å². The van der Waals surface area contributed by atoms with Crippen molar-refractivity contribution in [2.75, 3.05) is 5.32 Å². The molecule has 3 aromatic carbocycles. The Balaban J connectivity index is 1.77. The molecule has 0 bridgehead atoms. The predicted octanol–water partition coefficient (Wildman–Crippen LogP) is 5.42. The molecule has 1 aliphatic rings. The lowest BCUT2D eigenvalue weighted by atomic mass is 9.84. The number of halogens is 3. The van der Waals surface area contributed by atoms with Crippen LogP contribution in [0.1, 0.15) is 32.4 Å². The third-order valence-corrected chi connectivity index (χ3v) is 6.55. The van der Waals surface area contributed by atoms with Crippen LogP contribution in [0.5, 0.6) is 0 Å². The van der Waals surface area contributed by atoms with E-state index in [0.717, 1.165) is 4.47 Å². The molecule has 4 rings (SSSR count). The quantitative estimate of drug-likeness (QED) is 0.137. The SMILES string of the molecule is N/N=C(/C(=O)Nc1ccc(Br)cc1)[C@@H](C(=O)c1ccc(Cl)c(Cl)c1)[C@@H]1OC(=O)c2ccccc21. The molecule has 0 aromatic heterocycles. The number of nitrogens with one attached hydrogen (secondary N) is 1. The number of nitrogens with two attached hydrogens (primary N) is 1. The molecule has 1 aliphatic heterocycles. The summed E-state index contributed by atoms with van der Waals surface area (Å²) in [5.74, 6) is 2.38. The maximum absolute atomic E-state index is 13.7. The Morgan fingerprint density at radius 1 is 1.03 bits per heavy atom. The number of carbonyl (C=O) groups is 3. The Morgan fingerprint density at radius 2 is 1.74 bits per heavy atom. The van der Waals surface area contributed by atoms with Gasteiger partial charge < -0.3 is 15.9 Å². The van der Waals surface area contributed by atoms with Gasteiger partial charge in [-0.1, -0.05) is 57.3 Å². The van der Waals surface area contributed by atoms with E-state index in [4.69, 9.17) is 33.8 Å². The number of hydrogen-bond acceptors (Lipinski definition) is 6. The van der Waals surface area contributed by atoms with Gasteiger partial charge in [0.2, 0.25) is 0 Å². The Kier molecular flexibility index (Phi) is 7.02. The van der Waals surface area contributed by atoms with E-state index in [1.165, 1.54) is 18.2 Å². The van der Waals surface area contributed by atoms with Crippen molar-refractivity contribution in [1.29, 1.82) is 0 Å². The van der Waals surface area contributed by atoms with Gasteiger partial charge >= 0.3 is 5.97 Å². The minimum absolute atomic E-state index is 0.150. The number of carbonyl (C=O) groups excluding carboxylic acids is 3. The summed E-state index contributed by atoms with van der Waals surface area (Å²) < 4.78 is 6.37. The molecular weight excluding hydrogens is 545 g/mol. The van der Waals surface area contributed by atoms with Crippen molar-refractivity contribution in [3.05, 3.63) is 97.9 Å². The molecule has 0 fully saturated rings. The molecule has 0 radical (unpaired) electrons. The number of rotatable bonds is 6. The van der Waals surface area contributed by atoms with Gasteiger partial charge in [-0.05, 0) is 48.5 Å². The highest BCUT2D eigenvalue weighted by molar-refractivity contribution is 9.10. The normalized spacial score (nSPS) is 15.9. The van der Waals surface area contributed by atoms with Crippen molar-refractivity contribution in [3.8, 4) is 0 Å². The van der Waals surface area contributed by atoms with Crippen molar-refractivity contribution in [2.45, 2.75) is 6.10 Å². The summed E-state index contributed by atoms with van der Waals surface area (Å²) in [5.41, 5.74) is 1.04. The highest BCUT2D eigenvalue weighted by Gasteiger charge is 2.45. The second-order valence-corrected chi connectivity index (χ2v) is 9.09. The van der Waals surface area contributed by atoms with Gasteiger partial charge in [-0.2, -0.15) is 5.10 Å². The van der Waals surface area contributed by atoms with Crippen LogP contribution in [0.25, 0.3) is 0 Å². The third-order valence-electron chi connectivity index (χ3n) is 5.28. The van der Waals surface area contributed by atoms with Crippen molar-refractivity contribution in [2.24, 2.45) is 16.9 Å². The van der Waals surface area contributed by atoms with E-state index in [9.17, 15) is 14.4 Å². The molecule has 0 unspecified atom stereocenters. The maximum Gasteiger partial charge on any atom is 0.339 e. The number of ketones is 1. The number of esters is 1. The number of hydrogen-bond donors (Lipinski definition) is 2. The van der Waals surface area contributed by atoms with Crippen LogP contribution >= 0.6 is 39.1 Å². The van der Waals surface area contributed by atoms with E-state index in [0.29, 0.717) is 16.8 Å². The van der Waals surface area contributed by atoms with Gasteiger partial charge in [0.1, 0.15) is 17.7 Å². The maximum atomic E-state index is 13.7. The Bertz CT molecular complexity index is 1330. The molecule has 3 N–H and O–H groups in total. The number of hydrazone groups is 1. The van der Waals surface area contributed by atoms with Gasteiger partial charge in [-0.25, -0.2) is 4.79 Å². The van der Waals surface area contributed by atoms with Crippen LogP contribution in [-0.2, 0) is 9.53 Å². The van der Waals surface area contributed by atoms with E-state index in [1.807, 2.05) is 0 Å². The molecule has 172 valence electrons. The second-order valence-electron chi connectivity index (χ2n) is 7.36. The summed E-state index contributed by atoms with van der Waals surface area (Å²) in [6, 6.07) is 17.7. The monoisotopic (exact) mass is 559 g/mol. The average Bonchev–Trinajstić information content (AvgIpc) is 3.16. The Morgan fingerprint density at radius 3 is 2.41 bits per heavy atom. The molecule has 1 heterocycles. The summed E-state index contributed by atoms with van der Waals surface area (Å²) in [4.78, 5) is 39.4. The molecule has 2 atom stereocenters. The molecule has 7 nitrogen and oxygen atoms in total. The van der Waals surface area contributed by atoms with Crippen LogP contribution in [0.15, 0.2) is 76.3 Å². The number of ether oxygens (including phenoxy) is 1. The molecule has 1 amide bonds. The lowest BCUT2D eigenvalue weighted by Gasteiger charge is -2.23. The van der Waals surface area contributed by atoms with Crippen molar-refractivity contribution >= 4 is 68.2 Å². The van der Waals surface area contributed by atoms with Crippen LogP contribution < -0.4 is 11.2 Å². The largest absolute Gasteiger partial charge is 0.453 e. The van der Waals surface area contributed by atoms with Crippen LogP contribution in [0.2, 0.25) is 10.0 Å². The number of nitrogens with zero attached hydrogens (tertiary/aromatic N) is 1. The van der Waals surface area contributed by atoms with Crippen molar-refractivity contribution in [3.63, 3.8) is 0 Å². The smallest absolute Gasteiger partial charge is 0.339 e. The van der Waals surface area contributed by atoms with E-state index >= 15 is 0 Å². The fourth-order valence-corrected chi connectivity index (χ4v) is 4.23. The standard InChI is InChI=1S/C24H16BrCl2N3O4/c25-13-6-8-14(9-7-13)29-23(32)20(30-28)19(21(31)12-5-10-17(26)18(27)11-12)22-15-3-1-2-4-16(15)24(33)34-22/h1-11,19,22H,28H2,(H,29,32)/b30-20+/t19-,22+/m0/s1. The summed E-state index contributed by atoms with van der Waals surface area (Å²) in [7, 11) is 0. The number of fused-ring (bicyclic) bond motifs is 1. The molecule has 0 saturated heterocycles. The lowest BCUT2D eigenvalue weighted by Crippen LogP contribution is -2.39. The highest BCUT2D eigenvalue weighted by atomic mass is 79.9. The first kappa shape index (κ1) is 23.9. The first-order valence-electron chi connectivity index (χ1n) is 9.94. The summed E-state index contributed by atoms with van der Waals surface area (Å²) >= 11 is 15.4. The first-order valence-corrected chi connectivity index (χ1v) is 11.5. The molecule has 0 spiro atoms. The number of cyclic esters (lactones) is 1. The minimum atomic E-state index is -1.34. The Hall–Kier alpha value is -3.20. The zero-order valence-corrected chi connectivity index (χ0v) is 20.4. The lowest BCUT2D eigenvalue weighted by molar-refractivity contribution is -0.110. The van der Waals surface area contributed by atoms with Crippen molar-refractivity contribution < 1.29 is 19.1 Å². The third kappa shape index (κ3) is 4.70. The zero-order valence-electron chi connectivity index (χ0n) is 17.3. The molecule has 0 aliphatic carbocycles. The van der Waals surface area contributed by atoms with Gasteiger partial charge in [0.05, 0.1) is 15.6 Å². The van der Waals surface area contributed by atoms with E-state index in [-0.39, 0.29) is 21.3 Å².